The van der Waals surface area contributed by atoms with Crippen molar-refractivity contribution >= 4 is 17.2 Å². The smallest absolute Gasteiger partial charge is 0.246 e. The van der Waals surface area contributed by atoms with Crippen molar-refractivity contribution in [3.05, 3.63) is 22.4 Å². The summed E-state index contributed by atoms with van der Waals surface area (Å²) in [5.41, 5.74) is -0.0292. The van der Waals surface area contributed by atoms with E-state index in [0.717, 1.165) is 25.9 Å². The van der Waals surface area contributed by atoms with Crippen LogP contribution in [0.2, 0.25) is 0 Å². The van der Waals surface area contributed by atoms with Gasteiger partial charge in [0.1, 0.15) is 6.61 Å². The van der Waals surface area contributed by atoms with E-state index in [0.29, 0.717) is 6.54 Å². The first-order chi connectivity index (χ1) is 9.58. The summed E-state index contributed by atoms with van der Waals surface area (Å²) in [6, 6.07) is 4.16. The molecule has 0 saturated carbocycles. The highest BCUT2D eigenvalue weighted by atomic mass is 32.1. The molecular weight excluding hydrogens is 272 g/mol. The molecule has 0 aliphatic carbocycles. The van der Waals surface area contributed by atoms with Crippen LogP contribution >= 0.6 is 11.3 Å². The van der Waals surface area contributed by atoms with Gasteiger partial charge in [-0.15, -0.1) is 11.3 Å². The van der Waals surface area contributed by atoms with E-state index < -0.39 is 0 Å². The van der Waals surface area contributed by atoms with E-state index in [1.807, 2.05) is 6.07 Å². The van der Waals surface area contributed by atoms with Crippen LogP contribution in [-0.2, 0) is 14.9 Å². The number of piperidine rings is 1. The normalized spacial score (nSPS) is 17.1. The Kier molecular flexibility index (Phi) is 5.57. The Balaban J connectivity index is 1.69. The van der Waals surface area contributed by atoms with Gasteiger partial charge >= 0.3 is 0 Å². The van der Waals surface area contributed by atoms with E-state index in [1.165, 1.54) is 4.88 Å². The molecule has 1 aromatic rings. The molecule has 5 heteroatoms. The summed E-state index contributed by atoms with van der Waals surface area (Å²) in [4.78, 5) is 13.1. The molecule has 0 bridgehead atoms. The quantitative estimate of drug-likeness (QED) is 0.843. The number of carbonyl (C=O) groups excluding carboxylic acids is 1. The third-order valence-electron chi connectivity index (χ3n) is 3.65. The highest BCUT2D eigenvalue weighted by Gasteiger charge is 2.22. The van der Waals surface area contributed by atoms with E-state index in [4.69, 9.17) is 4.74 Å². The first-order valence-electron chi connectivity index (χ1n) is 7.21. The van der Waals surface area contributed by atoms with E-state index in [2.05, 4.69) is 35.9 Å². The van der Waals surface area contributed by atoms with Crippen LogP contribution in [0.3, 0.4) is 0 Å². The standard InChI is InChI=1S/C15H24N2O2S/c1-15(2,13-4-3-9-20-13)11-17-14(18)10-19-12-5-7-16-8-6-12/h3-4,9,12,16H,5-8,10-11H2,1-2H3,(H,17,18). The molecule has 0 aromatic carbocycles. The number of hydrogen-bond donors (Lipinski definition) is 2. The molecule has 0 unspecified atom stereocenters. The second-order valence-corrected chi connectivity index (χ2v) is 6.85. The minimum Gasteiger partial charge on any atom is -0.368 e. The van der Waals surface area contributed by atoms with Crippen molar-refractivity contribution in [2.75, 3.05) is 26.2 Å². The van der Waals surface area contributed by atoms with Gasteiger partial charge in [-0.25, -0.2) is 0 Å². The predicted octanol–water partition coefficient (Wildman–Crippen LogP) is 1.91. The van der Waals surface area contributed by atoms with Gasteiger partial charge in [0.05, 0.1) is 6.10 Å². The molecular formula is C15H24N2O2S. The van der Waals surface area contributed by atoms with Gasteiger partial charge in [-0.05, 0) is 37.4 Å². The molecule has 0 spiro atoms. The maximum absolute atomic E-state index is 11.9. The van der Waals surface area contributed by atoms with Crippen molar-refractivity contribution in [2.45, 2.75) is 38.2 Å². The van der Waals surface area contributed by atoms with Crippen LogP contribution < -0.4 is 10.6 Å². The Morgan fingerprint density at radius 1 is 1.50 bits per heavy atom. The number of hydrogen-bond acceptors (Lipinski definition) is 4. The van der Waals surface area contributed by atoms with Gasteiger partial charge < -0.3 is 15.4 Å². The molecule has 4 nitrogen and oxygen atoms in total. The van der Waals surface area contributed by atoms with Crippen molar-refractivity contribution in [1.82, 2.24) is 10.6 Å². The molecule has 1 aliphatic heterocycles. The Hall–Kier alpha value is -0.910. The predicted molar refractivity (Wildman–Crippen MR) is 82.2 cm³/mol. The van der Waals surface area contributed by atoms with Crippen LogP contribution in [0.4, 0.5) is 0 Å². The molecule has 0 radical (unpaired) electrons. The lowest BCUT2D eigenvalue weighted by atomic mass is 9.91. The number of thiophene rings is 1. The van der Waals surface area contributed by atoms with E-state index in [9.17, 15) is 4.79 Å². The molecule has 112 valence electrons. The highest BCUT2D eigenvalue weighted by Crippen LogP contribution is 2.26. The highest BCUT2D eigenvalue weighted by molar-refractivity contribution is 7.10. The second kappa shape index (κ2) is 7.20. The summed E-state index contributed by atoms with van der Waals surface area (Å²) >= 11 is 1.73. The fraction of sp³-hybridized carbons (Fsp3) is 0.667. The van der Waals surface area contributed by atoms with Crippen LogP contribution in [-0.4, -0.2) is 38.3 Å². The Morgan fingerprint density at radius 2 is 2.25 bits per heavy atom. The van der Waals surface area contributed by atoms with Crippen molar-refractivity contribution in [3.63, 3.8) is 0 Å². The monoisotopic (exact) mass is 296 g/mol. The molecule has 2 N–H and O–H groups in total. The van der Waals surface area contributed by atoms with Crippen molar-refractivity contribution in [2.24, 2.45) is 0 Å². The van der Waals surface area contributed by atoms with Crippen LogP contribution in [0.25, 0.3) is 0 Å². The Labute approximate surface area is 124 Å². The molecule has 2 rings (SSSR count). The number of amides is 1. The summed E-state index contributed by atoms with van der Waals surface area (Å²) in [6.45, 7) is 7.07. The third kappa shape index (κ3) is 4.58. The Bertz CT molecular complexity index is 412. The SMILES string of the molecule is CC(C)(CNC(=O)COC1CCNCC1)c1cccs1. The Morgan fingerprint density at radius 3 is 2.90 bits per heavy atom. The van der Waals surface area contributed by atoms with Gasteiger partial charge in [-0.1, -0.05) is 19.9 Å². The summed E-state index contributed by atoms with van der Waals surface area (Å²) in [6.07, 6.45) is 2.22. The molecule has 1 aliphatic rings. The van der Waals surface area contributed by atoms with E-state index in [1.54, 1.807) is 11.3 Å². The summed E-state index contributed by atoms with van der Waals surface area (Å²) in [5, 5.41) is 8.33. The van der Waals surface area contributed by atoms with Crippen LogP contribution in [0, 0.1) is 0 Å². The topological polar surface area (TPSA) is 50.4 Å². The first-order valence-corrected chi connectivity index (χ1v) is 8.09. The molecule has 1 fully saturated rings. The van der Waals surface area contributed by atoms with Gasteiger partial charge in [-0.2, -0.15) is 0 Å². The van der Waals surface area contributed by atoms with Gasteiger partial charge in [0, 0.05) is 16.8 Å². The minimum absolute atomic E-state index is 0.0202. The number of rotatable bonds is 6. The second-order valence-electron chi connectivity index (χ2n) is 5.90. The summed E-state index contributed by atoms with van der Waals surface area (Å²) < 4.78 is 5.65. The van der Waals surface area contributed by atoms with Crippen molar-refractivity contribution in [3.8, 4) is 0 Å². The average Bonchev–Trinajstić information content (AvgIpc) is 2.99. The van der Waals surface area contributed by atoms with Gasteiger partial charge in [-0.3, -0.25) is 4.79 Å². The maximum Gasteiger partial charge on any atom is 0.246 e. The fourth-order valence-electron chi connectivity index (χ4n) is 2.28. The average molecular weight is 296 g/mol. The van der Waals surface area contributed by atoms with E-state index in [-0.39, 0.29) is 24.0 Å². The lowest BCUT2D eigenvalue weighted by molar-refractivity contribution is -0.128. The molecule has 20 heavy (non-hydrogen) atoms. The molecule has 0 atom stereocenters. The van der Waals surface area contributed by atoms with Gasteiger partial charge in [0.15, 0.2) is 0 Å². The van der Waals surface area contributed by atoms with Crippen molar-refractivity contribution in [1.29, 1.82) is 0 Å². The summed E-state index contributed by atoms with van der Waals surface area (Å²) in [5.74, 6) is -0.0202. The lowest BCUT2D eigenvalue weighted by Crippen LogP contribution is -2.39. The number of nitrogens with one attached hydrogen (secondary N) is 2. The zero-order chi connectivity index (χ0) is 14.4. The summed E-state index contributed by atoms with van der Waals surface area (Å²) in [7, 11) is 0. The van der Waals surface area contributed by atoms with E-state index >= 15 is 0 Å². The van der Waals surface area contributed by atoms with Crippen LogP contribution in [0.15, 0.2) is 17.5 Å². The fourth-order valence-corrected chi connectivity index (χ4v) is 3.13. The van der Waals surface area contributed by atoms with Crippen LogP contribution in [0.5, 0.6) is 0 Å². The number of ether oxygens (including phenoxy) is 1. The first kappa shape index (κ1) is 15.5. The van der Waals surface area contributed by atoms with Crippen LogP contribution in [0.1, 0.15) is 31.6 Å². The van der Waals surface area contributed by atoms with Crippen molar-refractivity contribution < 1.29 is 9.53 Å². The number of carbonyl (C=O) groups is 1. The van der Waals surface area contributed by atoms with Gasteiger partial charge in [0.25, 0.3) is 0 Å². The minimum atomic E-state index is -0.0292. The third-order valence-corrected chi connectivity index (χ3v) is 4.89. The molecule has 2 heterocycles. The largest absolute Gasteiger partial charge is 0.368 e. The molecule has 1 amide bonds. The molecule has 1 saturated heterocycles. The lowest BCUT2D eigenvalue weighted by Gasteiger charge is -2.25. The molecule has 1 aromatic heterocycles. The zero-order valence-electron chi connectivity index (χ0n) is 12.3. The maximum atomic E-state index is 11.9. The van der Waals surface area contributed by atoms with Gasteiger partial charge in [0.2, 0.25) is 5.91 Å². The zero-order valence-corrected chi connectivity index (χ0v) is 13.1.